The van der Waals surface area contributed by atoms with Crippen LogP contribution in [0.5, 0.6) is 5.75 Å². The molecule has 1 aromatic heterocycles. The highest BCUT2D eigenvalue weighted by Gasteiger charge is 2.30. The number of ether oxygens (including phenoxy) is 1. The van der Waals surface area contributed by atoms with Crippen molar-refractivity contribution in [2.75, 3.05) is 24.2 Å². The summed E-state index contributed by atoms with van der Waals surface area (Å²) in [4.78, 5) is 0. The summed E-state index contributed by atoms with van der Waals surface area (Å²) in [5.74, 6) is 0.906. The average molecular weight is 335 g/mol. The van der Waals surface area contributed by atoms with E-state index in [1.807, 2.05) is 13.0 Å². The fraction of sp³-hybridized carbons (Fsp3) is 0.333. The van der Waals surface area contributed by atoms with Crippen molar-refractivity contribution < 1.29 is 4.74 Å². The molecule has 4 nitrogen and oxygen atoms in total. The highest BCUT2D eigenvalue weighted by atomic mass is 16.5. The summed E-state index contributed by atoms with van der Waals surface area (Å²) in [6, 6.07) is 15.3. The molecule has 0 bridgehead atoms. The molecule has 0 unspecified atom stereocenters. The lowest BCUT2D eigenvalue weighted by atomic mass is 10.1. The summed E-state index contributed by atoms with van der Waals surface area (Å²) in [7, 11) is 0. The van der Waals surface area contributed by atoms with Crippen LogP contribution in [0.15, 0.2) is 42.5 Å². The van der Waals surface area contributed by atoms with Crippen molar-refractivity contribution in [3.8, 4) is 17.0 Å². The average Bonchev–Trinajstić information content (AvgIpc) is 3.41. The van der Waals surface area contributed by atoms with Crippen molar-refractivity contribution >= 4 is 22.3 Å². The van der Waals surface area contributed by atoms with Gasteiger partial charge in [0.1, 0.15) is 5.75 Å². The topological polar surface area (TPSA) is 52.2 Å². The van der Waals surface area contributed by atoms with E-state index in [1.165, 1.54) is 23.9 Å². The van der Waals surface area contributed by atoms with Gasteiger partial charge in [0.25, 0.3) is 0 Å². The molecule has 1 heterocycles. The molecule has 1 saturated carbocycles. The molecule has 0 atom stereocenters. The van der Waals surface area contributed by atoms with Crippen LogP contribution in [0.2, 0.25) is 0 Å². The summed E-state index contributed by atoms with van der Waals surface area (Å²) < 4.78 is 8.12. The first-order valence-corrected chi connectivity index (χ1v) is 9.13. The standard InChI is InChI=1S/C21H25N3O/c1-3-23-15-7-5-14(6-8-15)21-20(22)18-12-11-17(25-4-2)13-19(18)24(21)16-9-10-16/h5-8,11-13,16,23H,3-4,9-10,22H2,1-2H3. The molecule has 2 aromatic carbocycles. The summed E-state index contributed by atoms with van der Waals surface area (Å²) >= 11 is 0. The van der Waals surface area contributed by atoms with Gasteiger partial charge in [-0.2, -0.15) is 0 Å². The number of anilines is 2. The van der Waals surface area contributed by atoms with Crippen LogP contribution in [0.25, 0.3) is 22.2 Å². The largest absolute Gasteiger partial charge is 0.494 e. The minimum atomic E-state index is 0.542. The molecule has 0 amide bonds. The van der Waals surface area contributed by atoms with Gasteiger partial charge in [0.15, 0.2) is 0 Å². The van der Waals surface area contributed by atoms with E-state index < -0.39 is 0 Å². The Bertz CT molecular complexity index is 892. The van der Waals surface area contributed by atoms with E-state index >= 15 is 0 Å². The predicted molar refractivity (Wildman–Crippen MR) is 105 cm³/mol. The third kappa shape index (κ3) is 2.82. The van der Waals surface area contributed by atoms with E-state index in [-0.39, 0.29) is 0 Å². The predicted octanol–water partition coefficient (Wildman–Crippen LogP) is 5.06. The zero-order valence-electron chi connectivity index (χ0n) is 14.9. The second kappa shape index (κ2) is 6.36. The Balaban J connectivity index is 1.87. The van der Waals surface area contributed by atoms with Crippen LogP contribution in [-0.4, -0.2) is 17.7 Å². The highest BCUT2D eigenvalue weighted by molar-refractivity contribution is 6.01. The van der Waals surface area contributed by atoms with E-state index in [4.69, 9.17) is 10.5 Å². The second-order valence-electron chi connectivity index (χ2n) is 6.58. The van der Waals surface area contributed by atoms with Crippen molar-refractivity contribution in [3.63, 3.8) is 0 Å². The molecule has 1 aliphatic carbocycles. The third-order valence-corrected chi connectivity index (χ3v) is 4.78. The molecule has 3 N–H and O–H groups in total. The van der Waals surface area contributed by atoms with Gasteiger partial charge >= 0.3 is 0 Å². The normalized spacial score (nSPS) is 14.0. The van der Waals surface area contributed by atoms with Gasteiger partial charge in [0.05, 0.1) is 23.5 Å². The highest BCUT2D eigenvalue weighted by Crippen LogP contribution is 2.46. The number of benzene rings is 2. The summed E-state index contributed by atoms with van der Waals surface area (Å²) in [5, 5.41) is 4.46. The number of fused-ring (bicyclic) bond motifs is 1. The van der Waals surface area contributed by atoms with Gasteiger partial charge < -0.3 is 20.4 Å². The zero-order valence-corrected chi connectivity index (χ0v) is 14.9. The Morgan fingerprint density at radius 2 is 1.88 bits per heavy atom. The van der Waals surface area contributed by atoms with E-state index in [1.54, 1.807) is 0 Å². The van der Waals surface area contributed by atoms with Crippen molar-refractivity contribution in [1.29, 1.82) is 0 Å². The van der Waals surface area contributed by atoms with Gasteiger partial charge in [0.2, 0.25) is 0 Å². The van der Waals surface area contributed by atoms with E-state index in [0.29, 0.717) is 12.6 Å². The maximum Gasteiger partial charge on any atom is 0.121 e. The fourth-order valence-electron chi connectivity index (χ4n) is 3.53. The number of nitrogens with one attached hydrogen (secondary N) is 1. The smallest absolute Gasteiger partial charge is 0.121 e. The molecular formula is C21H25N3O. The zero-order chi connectivity index (χ0) is 17.4. The van der Waals surface area contributed by atoms with Crippen LogP contribution in [0.3, 0.4) is 0 Å². The maximum absolute atomic E-state index is 6.58. The first-order chi connectivity index (χ1) is 12.2. The minimum absolute atomic E-state index is 0.542. The minimum Gasteiger partial charge on any atom is -0.494 e. The van der Waals surface area contributed by atoms with Gasteiger partial charge in [-0.25, -0.2) is 0 Å². The Kier molecular flexibility index (Phi) is 4.04. The molecule has 0 aliphatic heterocycles. The Morgan fingerprint density at radius 3 is 2.52 bits per heavy atom. The molecule has 3 aromatic rings. The van der Waals surface area contributed by atoms with Crippen molar-refractivity contribution in [3.05, 3.63) is 42.5 Å². The quantitative estimate of drug-likeness (QED) is 0.662. The van der Waals surface area contributed by atoms with Crippen LogP contribution < -0.4 is 15.8 Å². The second-order valence-corrected chi connectivity index (χ2v) is 6.58. The number of nitrogens with zero attached hydrogens (tertiary/aromatic N) is 1. The lowest BCUT2D eigenvalue weighted by Gasteiger charge is -2.12. The van der Waals surface area contributed by atoms with Gasteiger partial charge in [-0.15, -0.1) is 0 Å². The van der Waals surface area contributed by atoms with Crippen LogP contribution in [0.4, 0.5) is 11.4 Å². The molecule has 25 heavy (non-hydrogen) atoms. The summed E-state index contributed by atoms with van der Waals surface area (Å²) in [5.41, 5.74) is 12.1. The number of rotatable bonds is 6. The van der Waals surface area contributed by atoms with Crippen LogP contribution >= 0.6 is 0 Å². The Hall–Kier alpha value is -2.62. The van der Waals surface area contributed by atoms with Crippen LogP contribution in [0, 0.1) is 0 Å². The first kappa shape index (κ1) is 15.9. The molecule has 1 aliphatic rings. The monoisotopic (exact) mass is 335 g/mol. The molecular weight excluding hydrogens is 310 g/mol. The van der Waals surface area contributed by atoms with E-state index in [0.717, 1.165) is 34.7 Å². The van der Waals surface area contributed by atoms with Gasteiger partial charge in [-0.3, -0.25) is 0 Å². The summed E-state index contributed by atoms with van der Waals surface area (Å²) in [6.45, 7) is 5.70. The van der Waals surface area contributed by atoms with Crippen LogP contribution in [0.1, 0.15) is 32.7 Å². The molecule has 1 fully saturated rings. The Morgan fingerprint density at radius 1 is 1.12 bits per heavy atom. The van der Waals surface area contributed by atoms with Gasteiger partial charge in [-0.05, 0) is 51.0 Å². The number of hydrogen-bond donors (Lipinski definition) is 2. The van der Waals surface area contributed by atoms with Crippen molar-refractivity contribution in [2.45, 2.75) is 32.7 Å². The summed E-state index contributed by atoms with van der Waals surface area (Å²) in [6.07, 6.45) is 2.43. The molecule has 0 spiro atoms. The SMILES string of the molecule is CCNc1ccc(-c2c(N)c3ccc(OCC)cc3n2C2CC2)cc1. The van der Waals surface area contributed by atoms with E-state index in [9.17, 15) is 0 Å². The lowest BCUT2D eigenvalue weighted by molar-refractivity contribution is 0.340. The van der Waals surface area contributed by atoms with Gasteiger partial charge in [-0.1, -0.05) is 12.1 Å². The molecule has 0 radical (unpaired) electrons. The molecule has 4 rings (SSSR count). The molecule has 4 heteroatoms. The number of hydrogen-bond acceptors (Lipinski definition) is 3. The Labute approximate surface area is 148 Å². The molecule has 130 valence electrons. The third-order valence-electron chi connectivity index (χ3n) is 4.78. The first-order valence-electron chi connectivity index (χ1n) is 9.13. The van der Waals surface area contributed by atoms with Gasteiger partial charge in [0, 0.05) is 35.3 Å². The number of aromatic nitrogens is 1. The van der Waals surface area contributed by atoms with Crippen LogP contribution in [-0.2, 0) is 0 Å². The fourth-order valence-corrected chi connectivity index (χ4v) is 3.53. The number of nitrogens with two attached hydrogens (primary N) is 1. The lowest BCUT2D eigenvalue weighted by Crippen LogP contribution is -2.00. The van der Waals surface area contributed by atoms with E-state index in [2.05, 4.69) is 53.2 Å². The van der Waals surface area contributed by atoms with Crippen molar-refractivity contribution in [2.24, 2.45) is 0 Å². The number of nitrogen functional groups attached to an aromatic ring is 1. The van der Waals surface area contributed by atoms with Crippen molar-refractivity contribution in [1.82, 2.24) is 4.57 Å². The molecule has 0 saturated heterocycles. The maximum atomic E-state index is 6.58.